The van der Waals surface area contributed by atoms with E-state index in [1.807, 2.05) is 36.2 Å². The number of benzene rings is 2. The summed E-state index contributed by atoms with van der Waals surface area (Å²) in [5.41, 5.74) is 4.11. The maximum absolute atomic E-state index is 13.0. The van der Waals surface area contributed by atoms with Gasteiger partial charge in [-0.1, -0.05) is 42.5 Å². The number of hydrogen-bond donors (Lipinski definition) is 1. The van der Waals surface area contributed by atoms with Gasteiger partial charge in [-0.25, -0.2) is 0 Å². The van der Waals surface area contributed by atoms with Gasteiger partial charge in [-0.2, -0.15) is 0 Å². The van der Waals surface area contributed by atoms with E-state index in [1.54, 1.807) is 6.07 Å². The van der Waals surface area contributed by atoms with Crippen molar-refractivity contribution in [2.45, 2.75) is 38.1 Å². The normalized spacial score (nSPS) is 16.1. The van der Waals surface area contributed by atoms with Gasteiger partial charge in [-0.05, 0) is 48.4 Å². The molecule has 2 aromatic rings. The van der Waals surface area contributed by atoms with Crippen LogP contribution in [0.4, 0.5) is 0 Å². The van der Waals surface area contributed by atoms with E-state index in [1.165, 1.54) is 11.1 Å². The highest BCUT2D eigenvalue weighted by Gasteiger charge is 2.26. The van der Waals surface area contributed by atoms with Crippen LogP contribution >= 0.6 is 0 Å². The molecule has 0 saturated carbocycles. The summed E-state index contributed by atoms with van der Waals surface area (Å²) in [6.45, 7) is 0. The minimum absolute atomic E-state index is 0.0228. The van der Waals surface area contributed by atoms with Crippen molar-refractivity contribution in [3.05, 3.63) is 70.8 Å². The minimum Gasteiger partial charge on any atom is -0.481 e. The summed E-state index contributed by atoms with van der Waals surface area (Å²) in [5, 5.41) is 8.91. The molecule has 0 spiro atoms. The van der Waals surface area contributed by atoms with Gasteiger partial charge in [0.15, 0.2) is 0 Å². The molecule has 4 heteroatoms. The first-order chi connectivity index (χ1) is 12.1. The Bertz CT molecular complexity index is 784. The summed E-state index contributed by atoms with van der Waals surface area (Å²) in [4.78, 5) is 25.7. The predicted molar refractivity (Wildman–Crippen MR) is 96.7 cm³/mol. The zero-order valence-corrected chi connectivity index (χ0v) is 14.4. The monoisotopic (exact) mass is 337 g/mol. The molecule has 4 nitrogen and oxygen atoms in total. The lowest BCUT2D eigenvalue weighted by Gasteiger charge is -2.33. The summed E-state index contributed by atoms with van der Waals surface area (Å²) >= 11 is 0. The van der Waals surface area contributed by atoms with E-state index in [4.69, 9.17) is 5.11 Å². The number of carbonyl (C=O) groups is 2. The van der Waals surface area contributed by atoms with Gasteiger partial charge in [0.05, 0.1) is 0 Å². The number of hydrogen-bond acceptors (Lipinski definition) is 2. The Morgan fingerprint density at radius 3 is 2.52 bits per heavy atom. The van der Waals surface area contributed by atoms with Crippen molar-refractivity contribution in [3.8, 4) is 0 Å². The van der Waals surface area contributed by atoms with Crippen molar-refractivity contribution >= 4 is 11.9 Å². The Hall–Kier alpha value is -2.62. The maximum atomic E-state index is 13.0. The average molecular weight is 337 g/mol. The SMILES string of the molecule is CN(C(=O)c1ccccc1CCC(=O)O)C1CCc2ccccc2C1. The highest BCUT2D eigenvalue weighted by molar-refractivity contribution is 5.96. The topological polar surface area (TPSA) is 57.6 Å². The second-order valence-corrected chi connectivity index (χ2v) is 6.63. The molecule has 1 aliphatic carbocycles. The third kappa shape index (κ3) is 3.90. The zero-order valence-electron chi connectivity index (χ0n) is 14.4. The number of nitrogens with zero attached hydrogens (tertiary/aromatic N) is 1. The molecule has 2 aromatic carbocycles. The maximum Gasteiger partial charge on any atom is 0.303 e. The summed E-state index contributed by atoms with van der Waals surface area (Å²) in [6, 6.07) is 15.9. The second-order valence-electron chi connectivity index (χ2n) is 6.63. The summed E-state index contributed by atoms with van der Waals surface area (Å²) in [5.74, 6) is -0.870. The highest BCUT2D eigenvalue weighted by Crippen LogP contribution is 2.25. The lowest BCUT2D eigenvalue weighted by molar-refractivity contribution is -0.136. The number of amides is 1. The first-order valence-corrected chi connectivity index (χ1v) is 8.70. The number of likely N-dealkylation sites (N-methyl/N-ethyl adjacent to an activating group) is 1. The van der Waals surface area contributed by atoms with E-state index in [0.29, 0.717) is 12.0 Å². The smallest absolute Gasteiger partial charge is 0.303 e. The van der Waals surface area contributed by atoms with Crippen LogP contribution in [0.5, 0.6) is 0 Å². The molecular weight excluding hydrogens is 314 g/mol. The van der Waals surface area contributed by atoms with Crippen LogP contribution in [0.25, 0.3) is 0 Å². The van der Waals surface area contributed by atoms with Gasteiger partial charge in [0, 0.05) is 25.1 Å². The number of carboxylic acid groups (broad SMARTS) is 1. The van der Waals surface area contributed by atoms with Crippen LogP contribution in [0, 0.1) is 0 Å². The van der Waals surface area contributed by atoms with Crippen LogP contribution in [-0.4, -0.2) is 35.0 Å². The molecule has 0 bridgehead atoms. The van der Waals surface area contributed by atoms with Crippen LogP contribution in [0.3, 0.4) is 0 Å². The molecule has 0 aliphatic heterocycles. The zero-order chi connectivity index (χ0) is 17.8. The number of aryl methyl sites for hydroxylation is 2. The number of carbonyl (C=O) groups excluding carboxylic acids is 1. The van der Waals surface area contributed by atoms with Gasteiger partial charge in [0.1, 0.15) is 0 Å². The molecule has 1 unspecified atom stereocenters. The molecule has 0 aromatic heterocycles. The van der Waals surface area contributed by atoms with E-state index in [2.05, 4.69) is 18.2 Å². The third-order valence-electron chi connectivity index (χ3n) is 5.04. The lowest BCUT2D eigenvalue weighted by Crippen LogP contribution is -2.41. The molecule has 1 amide bonds. The lowest BCUT2D eigenvalue weighted by atomic mass is 9.87. The van der Waals surface area contributed by atoms with Crippen molar-refractivity contribution in [1.82, 2.24) is 4.90 Å². The van der Waals surface area contributed by atoms with Crippen LogP contribution < -0.4 is 0 Å². The Labute approximate surface area is 148 Å². The van der Waals surface area contributed by atoms with E-state index in [-0.39, 0.29) is 18.4 Å². The van der Waals surface area contributed by atoms with E-state index < -0.39 is 5.97 Å². The fourth-order valence-corrected chi connectivity index (χ4v) is 3.55. The number of fused-ring (bicyclic) bond motifs is 1. The molecule has 0 heterocycles. The molecule has 0 fully saturated rings. The molecule has 0 saturated heterocycles. The molecule has 130 valence electrons. The summed E-state index contributed by atoms with van der Waals surface area (Å²) in [6.07, 6.45) is 3.22. The Kier molecular flexibility index (Phi) is 5.17. The van der Waals surface area contributed by atoms with Gasteiger partial charge >= 0.3 is 5.97 Å². The van der Waals surface area contributed by atoms with Crippen molar-refractivity contribution in [1.29, 1.82) is 0 Å². The van der Waals surface area contributed by atoms with Crippen LogP contribution in [0.1, 0.15) is 39.9 Å². The Morgan fingerprint density at radius 1 is 1.08 bits per heavy atom. The van der Waals surface area contributed by atoms with Crippen molar-refractivity contribution in [2.24, 2.45) is 0 Å². The van der Waals surface area contributed by atoms with Crippen LogP contribution in [-0.2, 0) is 24.1 Å². The fraction of sp³-hybridized carbons (Fsp3) is 0.333. The Morgan fingerprint density at radius 2 is 1.76 bits per heavy atom. The molecule has 3 rings (SSSR count). The van der Waals surface area contributed by atoms with E-state index in [9.17, 15) is 9.59 Å². The molecule has 1 N–H and O–H groups in total. The molecule has 1 atom stereocenters. The molecule has 1 aliphatic rings. The van der Waals surface area contributed by atoms with Gasteiger partial charge in [-0.3, -0.25) is 9.59 Å². The number of aliphatic carboxylic acids is 1. The quantitative estimate of drug-likeness (QED) is 0.910. The van der Waals surface area contributed by atoms with Crippen molar-refractivity contribution in [3.63, 3.8) is 0 Å². The third-order valence-corrected chi connectivity index (χ3v) is 5.04. The molecule has 25 heavy (non-hydrogen) atoms. The van der Waals surface area contributed by atoms with Crippen LogP contribution in [0.2, 0.25) is 0 Å². The van der Waals surface area contributed by atoms with Crippen molar-refractivity contribution < 1.29 is 14.7 Å². The minimum atomic E-state index is -0.848. The summed E-state index contributed by atoms with van der Waals surface area (Å²) in [7, 11) is 1.86. The summed E-state index contributed by atoms with van der Waals surface area (Å²) < 4.78 is 0. The van der Waals surface area contributed by atoms with E-state index >= 15 is 0 Å². The predicted octanol–water partition coefficient (Wildman–Crippen LogP) is 3.33. The Balaban J connectivity index is 1.76. The van der Waals surface area contributed by atoms with Gasteiger partial charge < -0.3 is 10.0 Å². The first-order valence-electron chi connectivity index (χ1n) is 8.70. The fourth-order valence-electron chi connectivity index (χ4n) is 3.55. The van der Waals surface area contributed by atoms with Gasteiger partial charge in [0.25, 0.3) is 5.91 Å². The van der Waals surface area contributed by atoms with Gasteiger partial charge in [-0.15, -0.1) is 0 Å². The standard InChI is InChI=1S/C21H23NO3/c1-22(18-12-10-15-6-2-3-8-17(15)14-18)21(25)19-9-5-4-7-16(19)11-13-20(23)24/h2-9,18H,10-14H2,1H3,(H,23,24). The van der Waals surface area contributed by atoms with Gasteiger partial charge in [0.2, 0.25) is 0 Å². The highest BCUT2D eigenvalue weighted by atomic mass is 16.4. The first kappa shape index (κ1) is 17.2. The second kappa shape index (κ2) is 7.51. The van der Waals surface area contributed by atoms with Crippen LogP contribution in [0.15, 0.2) is 48.5 Å². The molecule has 0 radical (unpaired) electrons. The number of carboxylic acids is 1. The average Bonchev–Trinajstić information content (AvgIpc) is 2.65. The molecular formula is C21H23NO3. The van der Waals surface area contributed by atoms with E-state index in [0.717, 1.165) is 24.8 Å². The largest absolute Gasteiger partial charge is 0.481 e. The van der Waals surface area contributed by atoms with Crippen molar-refractivity contribution in [2.75, 3.05) is 7.05 Å². The number of rotatable bonds is 5.